The number of hydrogen-bond donors (Lipinski definition) is 7. The Hall–Kier alpha value is -4.71. The van der Waals surface area contributed by atoms with Gasteiger partial charge in [0.2, 0.25) is 23.6 Å². The van der Waals surface area contributed by atoms with Crippen LogP contribution in [0.4, 0.5) is 0 Å². The van der Waals surface area contributed by atoms with Crippen molar-refractivity contribution in [2.75, 3.05) is 6.54 Å². The molecule has 0 saturated carbocycles. The highest BCUT2D eigenvalue weighted by atomic mass is 16.4. The molecule has 0 spiro atoms. The van der Waals surface area contributed by atoms with Crippen molar-refractivity contribution >= 4 is 29.6 Å². The SMILES string of the molecule is N[C@@H](Cc1ccc(O)cc1)C(=O)N[C@@H]1C/C=C\C[C@H](C(=O)O)NC(=O)[C@H](Cc2ccccc2)NC(=O)CNC1=O. The molecule has 40 heavy (non-hydrogen) atoms. The van der Waals surface area contributed by atoms with Gasteiger partial charge in [0, 0.05) is 6.42 Å². The highest BCUT2D eigenvalue weighted by Crippen LogP contribution is 2.11. The van der Waals surface area contributed by atoms with Crippen molar-refractivity contribution in [3.63, 3.8) is 0 Å². The number of nitrogens with one attached hydrogen (secondary N) is 4. The summed E-state index contributed by atoms with van der Waals surface area (Å²) in [5, 5.41) is 29.1. The molecule has 4 amide bonds. The van der Waals surface area contributed by atoms with Crippen LogP contribution in [-0.4, -0.2) is 70.5 Å². The van der Waals surface area contributed by atoms with E-state index < -0.39 is 60.3 Å². The zero-order valence-corrected chi connectivity index (χ0v) is 21.7. The van der Waals surface area contributed by atoms with Gasteiger partial charge in [0.15, 0.2) is 0 Å². The minimum absolute atomic E-state index is 0.0119. The quantitative estimate of drug-likeness (QED) is 0.223. The number of phenols is 1. The van der Waals surface area contributed by atoms with Crippen molar-refractivity contribution in [2.24, 2.45) is 5.73 Å². The summed E-state index contributed by atoms with van der Waals surface area (Å²) in [5.74, 6) is -3.79. The largest absolute Gasteiger partial charge is 0.508 e. The second kappa shape index (κ2) is 14.4. The monoisotopic (exact) mass is 551 g/mol. The molecule has 12 nitrogen and oxygen atoms in total. The molecule has 0 radical (unpaired) electrons. The van der Waals surface area contributed by atoms with Gasteiger partial charge in [-0.25, -0.2) is 4.79 Å². The molecule has 0 bridgehead atoms. The number of aliphatic carboxylic acids is 1. The summed E-state index contributed by atoms with van der Waals surface area (Å²) in [6.07, 6.45) is 3.18. The summed E-state index contributed by atoms with van der Waals surface area (Å²) in [7, 11) is 0. The topological polar surface area (TPSA) is 200 Å². The van der Waals surface area contributed by atoms with Crippen molar-refractivity contribution in [2.45, 2.75) is 49.9 Å². The molecule has 12 heteroatoms. The number of benzene rings is 2. The second-order valence-corrected chi connectivity index (χ2v) is 9.41. The van der Waals surface area contributed by atoms with E-state index in [0.717, 1.165) is 5.56 Å². The Morgan fingerprint density at radius 3 is 2.27 bits per heavy atom. The van der Waals surface area contributed by atoms with Gasteiger partial charge in [-0.1, -0.05) is 54.6 Å². The third kappa shape index (κ3) is 9.24. The fourth-order valence-corrected chi connectivity index (χ4v) is 4.04. The highest BCUT2D eigenvalue weighted by molar-refractivity contribution is 5.94. The Kier molecular flexibility index (Phi) is 10.8. The van der Waals surface area contributed by atoms with Crippen molar-refractivity contribution in [1.29, 1.82) is 0 Å². The third-order valence-corrected chi connectivity index (χ3v) is 6.24. The minimum Gasteiger partial charge on any atom is -0.508 e. The molecule has 2 aromatic rings. The van der Waals surface area contributed by atoms with E-state index in [0.29, 0.717) is 5.56 Å². The third-order valence-electron chi connectivity index (χ3n) is 6.24. The Morgan fingerprint density at radius 1 is 0.925 bits per heavy atom. The van der Waals surface area contributed by atoms with E-state index in [2.05, 4.69) is 21.3 Å². The van der Waals surface area contributed by atoms with Gasteiger partial charge in [-0.05, 0) is 42.5 Å². The Labute approximate surface area is 231 Å². The predicted molar refractivity (Wildman–Crippen MR) is 145 cm³/mol. The number of carboxylic acids is 1. The van der Waals surface area contributed by atoms with Crippen LogP contribution in [0.3, 0.4) is 0 Å². The molecule has 4 atom stereocenters. The lowest BCUT2D eigenvalue weighted by molar-refractivity contribution is -0.142. The van der Waals surface area contributed by atoms with E-state index in [1.807, 2.05) is 0 Å². The van der Waals surface area contributed by atoms with Crippen molar-refractivity contribution in [1.82, 2.24) is 21.3 Å². The van der Waals surface area contributed by atoms with Gasteiger partial charge in [-0.2, -0.15) is 0 Å². The zero-order valence-electron chi connectivity index (χ0n) is 21.7. The zero-order chi connectivity index (χ0) is 29.1. The first-order chi connectivity index (χ1) is 19.1. The molecule has 8 N–H and O–H groups in total. The second-order valence-electron chi connectivity index (χ2n) is 9.41. The summed E-state index contributed by atoms with van der Waals surface area (Å²) in [4.78, 5) is 63.1. The maximum Gasteiger partial charge on any atom is 0.326 e. The number of carbonyl (C=O) groups excluding carboxylic acids is 4. The van der Waals surface area contributed by atoms with E-state index in [-0.39, 0.29) is 31.4 Å². The number of rotatable bonds is 7. The van der Waals surface area contributed by atoms with Crippen LogP contribution in [0, 0.1) is 0 Å². The first-order valence-electron chi connectivity index (χ1n) is 12.8. The Morgan fingerprint density at radius 2 is 1.60 bits per heavy atom. The molecule has 0 aromatic heterocycles. The van der Waals surface area contributed by atoms with Crippen LogP contribution in [0.5, 0.6) is 5.75 Å². The molecule has 0 fully saturated rings. The molecule has 212 valence electrons. The molecular weight excluding hydrogens is 518 g/mol. The van der Waals surface area contributed by atoms with Crippen LogP contribution in [0.2, 0.25) is 0 Å². The van der Waals surface area contributed by atoms with Crippen molar-refractivity contribution in [3.8, 4) is 5.75 Å². The van der Waals surface area contributed by atoms with E-state index in [1.165, 1.54) is 24.3 Å². The normalized spacial score (nSPS) is 22.0. The molecule has 0 unspecified atom stereocenters. The summed E-state index contributed by atoms with van der Waals surface area (Å²) in [6, 6.07) is 10.6. The van der Waals surface area contributed by atoms with E-state index in [4.69, 9.17) is 5.73 Å². The van der Waals surface area contributed by atoms with Gasteiger partial charge in [-0.15, -0.1) is 0 Å². The molecule has 1 aliphatic rings. The van der Waals surface area contributed by atoms with Crippen LogP contribution >= 0.6 is 0 Å². The van der Waals surface area contributed by atoms with Crippen LogP contribution < -0.4 is 27.0 Å². The minimum atomic E-state index is -1.28. The molecular formula is C28H33N5O7. The van der Waals surface area contributed by atoms with Gasteiger partial charge in [0.05, 0.1) is 12.6 Å². The number of nitrogens with two attached hydrogens (primary N) is 1. The lowest BCUT2D eigenvalue weighted by atomic mass is 10.0. The number of hydrogen-bond acceptors (Lipinski definition) is 7. The molecule has 3 rings (SSSR count). The van der Waals surface area contributed by atoms with Gasteiger partial charge in [0.1, 0.15) is 23.9 Å². The number of carbonyl (C=O) groups is 5. The van der Waals surface area contributed by atoms with Crippen LogP contribution in [0.15, 0.2) is 66.7 Å². The van der Waals surface area contributed by atoms with E-state index in [9.17, 15) is 34.2 Å². The van der Waals surface area contributed by atoms with Gasteiger partial charge < -0.3 is 37.2 Å². The lowest BCUT2D eigenvalue weighted by Gasteiger charge is -2.23. The first kappa shape index (κ1) is 29.8. The molecule has 1 heterocycles. The van der Waals surface area contributed by atoms with Crippen molar-refractivity contribution in [3.05, 3.63) is 77.9 Å². The standard InChI is InChI=1S/C28H33N5O7/c29-20(14-18-10-12-19(34)13-11-18)25(36)32-21-8-4-5-9-22(28(39)40)33-27(38)23(15-17-6-2-1-3-7-17)31-24(35)16-30-26(21)37/h1-7,10-13,20-23,34H,8-9,14-16,29H2,(H,30,37)(H,31,35)(H,32,36)(H,33,38)(H,39,40)/b5-4-/t20-,21+,22+,23-/m0/s1. The molecule has 2 aromatic carbocycles. The summed E-state index contributed by atoms with van der Waals surface area (Å²) < 4.78 is 0. The molecule has 0 aliphatic carbocycles. The van der Waals surface area contributed by atoms with E-state index >= 15 is 0 Å². The van der Waals surface area contributed by atoms with Gasteiger partial charge in [0.25, 0.3) is 0 Å². The average Bonchev–Trinajstić information content (AvgIpc) is 2.93. The summed E-state index contributed by atoms with van der Waals surface area (Å²) in [5.41, 5.74) is 7.48. The highest BCUT2D eigenvalue weighted by Gasteiger charge is 2.28. The number of amides is 4. The predicted octanol–water partition coefficient (Wildman–Crippen LogP) is -0.490. The maximum absolute atomic E-state index is 12.9. The average molecular weight is 552 g/mol. The summed E-state index contributed by atoms with van der Waals surface area (Å²) in [6.45, 7) is -0.477. The number of phenolic OH excluding ortho intramolecular Hbond substituents is 1. The van der Waals surface area contributed by atoms with Gasteiger partial charge in [-0.3, -0.25) is 19.2 Å². The molecule has 1 aliphatic heterocycles. The fraction of sp³-hybridized carbons (Fsp3) is 0.321. The van der Waals surface area contributed by atoms with Gasteiger partial charge >= 0.3 is 5.97 Å². The number of carboxylic acid groups (broad SMARTS) is 1. The van der Waals surface area contributed by atoms with Crippen LogP contribution in [0.25, 0.3) is 0 Å². The first-order valence-corrected chi connectivity index (χ1v) is 12.8. The van der Waals surface area contributed by atoms with Crippen LogP contribution in [0.1, 0.15) is 24.0 Å². The van der Waals surface area contributed by atoms with E-state index in [1.54, 1.807) is 42.5 Å². The van der Waals surface area contributed by atoms with Crippen molar-refractivity contribution < 1.29 is 34.2 Å². The Balaban J connectivity index is 1.73. The fourth-order valence-electron chi connectivity index (χ4n) is 4.04. The summed E-state index contributed by atoms with van der Waals surface area (Å²) >= 11 is 0. The lowest BCUT2D eigenvalue weighted by Crippen LogP contribution is -2.55. The van der Waals surface area contributed by atoms with Crippen LogP contribution in [-0.2, 0) is 36.8 Å². The smallest absolute Gasteiger partial charge is 0.326 e. The number of aromatic hydroxyl groups is 1. The molecule has 0 saturated heterocycles. The Bertz CT molecular complexity index is 1230. The maximum atomic E-state index is 12.9.